The van der Waals surface area contributed by atoms with E-state index in [1.165, 1.54) is 108 Å². The van der Waals surface area contributed by atoms with Crippen molar-refractivity contribution < 1.29 is 0 Å². The van der Waals surface area contributed by atoms with Gasteiger partial charge in [0.05, 0.1) is 0 Å². The minimum absolute atomic E-state index is 1.26. The van der Waals surface area contributed by atoms with Gasteiger partial charge >= 0.3 is 0 Å². The second kappa shape index (κ2) is 8.81. The predicted octanol–water partition coefficient (Wildman–Crippen LogP) is 13.1. The molecule has 0 radical (unpaired) electrons. The van der Waals surface area contributed by atoms with Crippen LogP contribution in [-0.2, 0) is 0 Å². The molecule has 11 rings (SSSR count). The summed E-state index contributed by atoms with van der Waals surface area (Å²) in [7, 11) is 0. The average Bonchev–Trinajstić information content (AvgIpc) is 3.12. The first-order valence-electron chi connectivity index (χ1n) is 16.1. The van der Waals surface area contributed by atoms with Crippen LogP contribution >= 0.6 is 0 Å². The second-order valence-electron chi connectivity index (χ2n) is 12.9. The standard InChI is InChI=1S/C46H26/c1-3-27-7-9-31-13-19-39(41-23-15-29(5-1)43(27)45(31)41)35-17-21-37-33(25-35)11-12-34-26-36(18-22-38(34)37)40-20-14-32-10-8-28-4-2-6-30-16-24-42(40)46(32)44(28)30/h1-26H. The zero-order valence-corrected chi connectivity index (χ0v) is 25.0. The molecule has 0 aromatic heterocycles. The summed E-state index contributed by atoms with van der Waals surface area (Å²) in [5, 5.41) is 21.1. The van der Waals surface area contributed by atoms with Crippen molar-refractivity contribution in [1.29, 1.82) is 0 Å². The Hall–Kier alpha value is -5.98. The summed E-state index contributed by atoms with van der Waals surface area (Å²) in [4.78, 5) is 0. The van der Waals surface area contributed by atoms with Crippen LogP contribution in [0.1, 0.15) is 0 Å². The van der Waals surface area contributed by atoms with Gasteiger partial charge in [-0.2, -0.15) is 0 Å². The Balaban J connectivity index is 1.07. The Labute approximate surface area is 265 Å². The van der Waals surface area contributed by atoms with Crippen molar-refractivity contribution in [2.24, 2.45) is 0 Å². The molecule has 0 heteroatoms. The van der Waals surface area contributed by atoms with Gasteiger partial charge in [-0.25, -0.2) is 0 Å². The Morgan fingerprint density at radius 2 is 0.543 bits per heavy atom. The lowest BCUT2D eigenvalue weighted by atomic mass is 9.88. The molecule has 11 aromatic rings. The number of fused-ring (bicyclic) bond motifs is 3. The van der Waals surface area contributed by atoms with Crippen LogP contribution in [0, 0.1) is 0 Å². The highest BCUT2D eigenvalue weighted by Crippen LogP contribution is 2.42. The Kier molecular flexibility index (Phi) is 4.66. The van der Waals surface area contributed by atoms with Crippen LogP contribution in [0.4, 0.5) is 0 Å². The van der Waals surface area contributed by atoms with Crippen molar-refractivity contribution >= 4 is 86.2 Å². The van der Waals surface area contributed by atoms with E-state index in [-0.39, 0.29) is 0 Å². The molecular weight excluding hydrogens is 553 g/mol. The predicted molar refractivity (Wildman–Crippen MR) is 200 cm³/mol. The largest absolute Gasteiger partial charge is 0.0610 e. The molecule has 0 bridgehead atoms. The SMILES string of the molecule is c1cc2ccc3ccc(-c4ccc5c(ccc6cc(-c7ccc8ccc9cccc%10ccc7c8c9%10)ccc65)c4)c4ccc(c1)c2c34. The van der Waals surface area contributed by atoms with Crippen LogP contribution in [0.5, 0.6) is 0 Å². The molecule has 46 heavy (non-hydrogen) atoms. The van der Waals surface area contributed by atoms with E-state index in [0.29, 0.717) is 0 Å². The fraction of sp³-hybridized carbons (Fsp3) is 0. The van der Waals surface area contributed by atoms with Crippen LogP contribution in [0.2, 0.25) is 0 Å². The maximum Gasteiger partial charge on any atom is -0.00206 e. The monoisotopic (exact) mass is 578 g/mol. The lowest BCUT2D eigenvalue weighted by Crippen LogP contribution is -1.88. The van der Waals surface area contributed by atoms with Gasteiger partial charge in [-0.3, -0.25) is 0 Å². The normalized spacial score (nSPS) is 12.3. The number of hydrogen-bond donors (Lipinski definition) is 0. The van der Waals surface area contributed by atoms with E-state index >= 15 is 0 Å². The number of hydrogen-bond acceptors (Lipinski definition) is 0. The van der Waals surface area contributed by atoms with E-state index in [9.17, 15) is 0 Å². The Bertz CT molecular complexity index is 2780. The first-order valence-corrected chi connectivity index (χ1v) is 16.1. The number of benzene rings is 11. The van der Waals surface area contributed by atoms with Gasteiger partial charge < -0.3 is 0 Å². The van der Waals surface area contributed by atoms with Crippen LogP contribution in [-0.4, -0.2) is 0 Å². The molecular formula is C46H26. The van der Waals surface area contributed by atoms with Crippen LogP contribution in [0.15, 0.2) is 158 Å². The van der Waals surface area contributed by atoms with Crippen molar-refractivity contribution in [3.63, 3.8) is 0 Å². The molecule has 11 aromatic carbocycles. The van der Waals surface area contributed by atoms with E-state index < -0.39 is 0 Å². The summed E-state index contributed by atoms with van der Waals surface area (Å²) < 4.78 is 0. The van der Waals surface area contributed by atoms with Crippen LogP contribution < -0.4 is 0 Å². The zero-order chi connectivity index (χ0) is 29.9. The molecule has 0 unspecified atom stereocenters. The van der Waals surface area contributed by atoms with Crippen molar-refractivity contribution in [1.82, 2.24) is 0 Å². The first-order chi connectivity index (χ1) is 22.8. The minimum atomic E-state index is 1.26. The molecule has 0 spiro atoms. The summed E-state index contributed by atoms with van der Waals surface area (Å²) in [5.41, 5.74) is 5.10. The van der Waals surface area contributed by atoms with Gasteiger partial charge in [0.2, 0.25) is 0 Å². The lowest BCUT2D eigenvalue weighted by Gasteiger charge is -2.15. The summed E-state index contributed by atoms with van der Waals surface area (Å²) in [5.74, 6) is 0. The second-order valence-corrected chi connectivity index (χ2v) is 12.9. The molecule has 0 saturated heterocycles. The summed E-state index contributed by atoms with van der Waals surface area (Å²) >= 11 is 0. The third-order valence-electron chi connectivity index (χ3n) is 10.5. The third-order valence-corrected chi connectivity index (χ3v) is 10.5. The van der Waals surface area contributed by atoms with E-state index in [2.05, 4.69) is 158 Å². The fourth-order valence-electron chi connectivity index (χ4n) is 8.38. The van der Waals surface area contributed by atoms with Gasteiger partial charge in [0.15, 0.2) is 0 Å². The summed E-state index contributed by atoms with van der Waals surface area (Å²) in [6.07, 6.45) is 0. The lowest BCUT2D eigenvalue weighted by molar-refractivity contribution is 1.69. The average molecular weight is 579 g/mol. The van der Waals surface area contributed by atoms with Gasteiger partial charge in [-0.05, 0) is 121 Å². The molecule has 0 saturated carbocycles. The molecule has 0 aliphatic rings. The first kappa shape index (κ1) is 24.4. The Morgan fingerprint density at radius 1 is 0.217 bits per heavy atom. The van der Waals surface area contributed by atoms with Gasteiger partial charge in [-0.15, -0.1) is 0 Å². The number of rotatable bonds is 2. The van der Waals surface area contributed by atoms with E-state index in [0.717, 1.165) is 0 Å². The van der Waals surface area contributed by atoms with Crippen molar-refractivity contribution in [3.8, 4) is 22.3 Å². The molecule has 0 aliphatic carbocycles. The molecule has 0 fully saturated rings. The van der Waals surface area contributed by atoms with Crippen molar-refractivity contribution in [2.45, 2.75) is 0 Å². The smallest absolute Gasteiger partial charge is 0.00206 e. The zero-order valence-electron chi connectivity index (χ0n) is 25.0. The van der Waals surface area contributed by atoms with E-state index in [1.54, 1.807) is 0 Å². The summed E-state index contributed by atoms with van der Waals surface area (Å²) in [6, 6.07) is 59.2. The molecule has 0 heterocycles. The van der Waals surface area contributed by atoms with Gasteiger partial charge in [0.1, 0.15) is 0 Å². The molecule has 0 atom stereocenters. The van der Waals surface area contributed by atoms with Crippen LogP contribution in [0.25, 0.3) is 108 Å². The van der Waals surface area contributed by atoms with E-state index in [1.807, 2.05) is 0 Å². The highest BCUT2D eigenvalue weighted by molar-refractivity contribution is 6.27. The molecule has 210 valence electrons. The Morgan fingerprint density at radius 3 is 0.978 bits per heavy atom. The highest BCUT2D eigenvalue weighted by Gasteiger charge is 2.15. The van der Waals surface area contributed by atoms with E-state index in [4.69, 9.17) is 0 Å². The maximum atomic E-state index is 2.37. The summed E-state index contributed by atoms with van der Waals surface area (Å²) in [6.45, 7) is 0. The molecule has 0 amide bonds. The quantitative estimate of drug-likeness (QED) is 0.179. The molecule has 0 aliphatic heterocycles. The van der Waals surface area contributed by atoms with Gasteiger partial charge in [-0.1, -0.05) is 146 Å². The van der Waals surface area contributed by atoms with Crippen molar-refractivity contribution in [2.75, 3.05) is 0 Å². The molecule has 0 N–H and O–H groups in total. The third kappa shape index (κ3) is 3.23. The van der Waals surface area contributed by atoms with Gasteiger partial charge in [0.25, 0.3) is 0 Å². The van der Waals surface area contributed by atoms with Crippen LogP contribution in [0.3, 0.4) is 0 Å². The molecule has 0 nitrogen and oxygen atoms in total. The van der Waals surface area contributed by atoms with Crippen molar-refractivity contribution in [3.05, 3.63) is 158 Å². The topological polar surface area (TPSA) is 0 Å². The van der Waals surface area contributed by atoms with Gasteiger partial charge in [0, 0.05) is 0 Å². The highest BCUT2D eigenvalue weighted by atomic mass is 14.2. The fourth-order valence-corrected chi connectivity index (χ4v) is 8.38. The maximum absolute atomic E-state index is 2.37. The minimum Gasteiger partial charge on any atom is -0.0610 e.